The predicted molar refractivity (Wildman–Crippen MR) is 123 cm³/mol. The number of hydrogen-bond acceptors (Lipinski definition) is 6. The third-order valence-electron chi connectivity index (χ3n) is 5.39. The number of aromatic nitrogens is 3. The number of pyridine rings is 1. The fourth-order valence-electron chi connectivity index (χ4n) is 3.69. The number of aliphatic hydroxyl groups excluding tert-OH is 1. The van der Waals surface area contributed by atoms with Crippen molar-refractivity contribution in [3.05, 3.63) is 71.4 Å². The van der Waals surface area contributed by atoms with Crippen molar-refractivity contribution in [1.29, 1.82) is 0 Å². The van der Waals surface area contributed by atoms with Gasteiger partial charge in [-0.25, -0.2) is 4.98 Å². The van der Waals surface area contributed by atoms with Gasteiger partial charge in [-0.05, 0) is 30.7 Å². The molecule has 9 heteroatoms. The topological polar surface area (TPSA) is 83.7 Å². The van der Waals surface area contributed by atoms with Crippen LogP contribution >= 0.6 is 11.6 Å². The summed E-state index contributed by atoms with van der Waals surface area (Å²) in [5.41, 5.74) is 1.98. The van der Waals surface area contributed by atoms with Crippen LogP contribution in [0.2, 0.25) is 5.02 Å². The third-order valence-corrected chi connectivity index (χ3v) is 5.61. The van der Waals surface area contributed by atoms with E-state index >= 15 is 0 Å². The molecule has 1 aliphatic rings. The van der Waals surface area contributed by atoms with E-state index in [4.69, 9.17) is 21.3 Å². The smallest absolute Gasteiger partial charge is 0.279 e. The van der Waals surface area contributed by atoms with Crippen molar-refractivity contribution in [1.82, 2.24) is 19.4 Å². The Bertz CT molecular complexity index is 1160. The van der Waals surface area contributed by atoms with Crippen LogP contribution in [0.3, 0.4) is 0 Å². The molecular formula is C23H24ClN5O3. The normalized spacial score (nSPS) is 13.5. The first-order chi connectivity index (χ1) is 15.4. The number of imidazole rings is 1. The van der Waals surface area contributed by atoms with E-state index < -0.39 is 0 Å². The Kier molecular flexibility index (Phi) is 6.16. The molecule has 0 radical (unpaired) electrons. The first-order valence-electron chi connectivity index (χ1n) is 10.1. The minimum atomic E-state index is -0.216. The van der Waals surface area contributed by atoms with Gasteiger partial charge in [-0.15, -0.1) is 0 Å². The number of amides is 1. The number of carbonyl (C=O) groups excluding carboxylic acids is 1. The maximum Gasteiger partial charge on any atom is 0.279 e. The van der Waals surface area contributed by atoms with Gasteiger partial charge in [0.2, 0.25) is 0 Å². The summed E-state index contributed by atoms with van der Waals surface area (Å²) in [5.74, 6) is 2.12. The van der Waals surface area contributed by atoms with Crippen molar-refractivity contribution in [2.75, 3.05) is 32.2 Å². The fourth-order valence-corrected chi connectivity index (χ4v) is 3.80. The first kappa shape index (κ1) is 21.9. The summed E-state index contributed by atoms with van der Waals surface area (Å²) in [6, 6.07) is 11.1. The molecule has 0 aliphatic carbocycles. The van der Waals surface area contributed by atoms with Crippen LogP contribution in [0, 0.1) is 0 Å². The van der Waals surface area contributed by atoms with E-state index in [9.17, 15) is 9.90 Å². The molecule has 0 bridgehead atoms. The number of benzene rings is 1. The maximum absolute atomic E-state index is 13.5. The van der Waals surface area contributed by atoms with Gasteiger partial charge in [-0.1, -0.05) is 30.3 Å². The summed E-state index contributed by atoms with van der Waals surface area (Å²) < 4.78 is 7.24. The lowest BCUT2D eigenvalue weighted by Crippen LogP contribution is -2.44. The number of ether oxygens (including phenoxy) is 1. The second kappa shape index (κ2) is 9.02. The average molecular weight is 454 g/mol. The van der Waals surface area contributed by atoms with Crippen molar-refractivity contribution in [2.24, 2.45) is 0 Å². The van der Waals surface area contributed by atoms with Crippen molar-refractivity contribution >= 4 is 23.3 Å². The zero-order valence-corrected chi connectivity index (χ0v) is 18.7. The van der Waals surface area contributed by atoms with Crippen LogP contribution in [0.1, 0.15) is 22.6 Å². The monoisotopic (exact) mass is 453 g/mol. The van der Waals surface area contributed by atoms with E-state index in [-0.39, 0.29) is 12.5 Å². The Morgan fingerprint density at radius 2 is 2.06 bits per heavy atom. The number of carbonyl (C=O) groups is 1. The van der Waals surface area contributed by atoms with Crippen LogP contribution in [0.25, 0.3) is 11.4 Å². The first-order valence-corrected chi connectivity index (χ1v) is 10.5. The lowest BCUT2D eigenvalue weighted by molar-refractivity contribution is 0.0775. The molecule has 2 aromatic heterocycles. The number of fused-ring (bicyclic) bond motifs is 1. The fraction of sp³-hybridized carbons (Fsp3) is 0.261. The van der Waals surface area contributed by atoms with Crippen LogP contribution in [0.15, 0.2) is 55.0 Å². The summed E-state index contributed by atoms with van der Waals surface area (Å²) in [4.78, 5) is 26.1. The Morgan fingerprint density at radius 1 is 1.25 bits per heavy atom. The molecule has 0 fully saturated rings. The summed E-state index contributed by atoms with van der Waals surface area (Å²) >= 11 is 6.00. The Hall–Kier alpha value is -3.36. The van der Waals surface area contributed by atoms with E-state index in [0.29, 0.717) is 53.4 Å². The number of hydrogen-bond donors (Lipinski definition) is 1. The SMILES string of the molecule is C=C1N(CCCO)C(=O)c2c(nc(-c3cccc(OC)c3)n2Cc2ccc(Cl)cn2)N1C. The molecule has 0 spiro atoms. The molecule has 3 heterocycles. The van der Waals surface area contributed by atoms with E-state index in [1.165, 1.54) is 0 Å². The number of methoxy groups -OCH3 is 1. The molecule has 4 rings (SSSR count). The average Bonchev–Trinajstić information content (AvgIpc) is 3.18. The van der Waals surface area contributed by atoms with Crippen LogP contribution in [-0.2, 0) is 6.54 Å². The molecule has 8 nitrogen and oxygen atoms in total. The molecular weight excluding hydrogens is 430 g/mol. The number of rotatable bonds is 7. The Labute approximate surface area is 191 Å². The highest BCUT2D eigenvalue weighted by molar-refractivity contribution is 6.30. The van der Waals surface area contributed by atoms with Crippen molar-refractivity contribution < 1.29 is 14.6 Å². The van der Waals surface area contributed by atoms with Crippen molar-refractivity contribution in [2.45, 2.75) is 13.0 Å². The zero-order valence-electron chi connectivity index (χ0n) is 18.0. The third kappa shape index (κ3) is 3.94. The van der Waals surface area contributed by atoms with E-state index in [1.807, 2.05) is 41.9 Å². The zero-order chi connectivity index (χ0) is 22.8. The summed E-state index contributed by atoms with van der Waals surface area (Å²) in [6.45, 7) is 4.73. The molecule has 32 heavy (non-hydrogen) atoms. The summed E-state index contributed by atoms with van der Waals surface area (Å²) in [7, 11) is 3.43. The molecule has 0 saturated carbocycles. The van der Waals surface area contributed by atoms with Gasteiger partial charge in [0.15, 0.2) is 11.5 Å². The van der Waals surface area contributed by atoms with Gasteiger partial charge in [-0.2, -0.15) is 0 Å². The molecule has 0 atom stereocenters. The lowest BCUT2D eigenvalue weighted by Gasteiger charge is -2.35. The van der Waals surface area contributed by atoms with Crippen LogP contribution in [0.4, 0.5) is 5.82 Å². The van der Waals surface area contributed by atoms with E-state index in [0.717, 1.165) is 11.3 Å². The van der Waals surface area contributed by atoms with E-state index in [2.05, 4.69) is 11.6 Å². The van der Waals surface area contributed by atoms with Crippen molar-refractivity contribution in [3.63, 3.8) is 0 Å². The minimum Gasteiger partial charge on any atom is -0.497 e. The Morgan fingerprint density at radius 3 is 2.75 bits per heavy atom. The predicted octanol–water partition coefficient (Wildman–Crippen LogP) is 3.40. The van der Waals surface area contributed by atoms with Gasteiger partial charge >= 0.3 is 0 Å². The largest absolute Gasteiger partial charge is 0.497 e. The summed E-state index contributed by atoms with van der Waals surface area (Å²) in [6.07, 6.45) is 2.03. The van der Waals surface area contributed by atoms with Crippen molar-refractivity contribution in [3.8, 4) is 17.1 Å². The molecule has 1 aromatic carbocycles. The molecule has 3 aromatic rings. The highest BCUT2D eigenvalue weighted by atomic mass is 35.5. The van der Waals surface area contributed by atoms with Gasteiger partial charge in [0.25, 0.3) is 5.91 Å². The highest BCUT2D eigenvalue weighted by Crippen LogP contribution is 2.36. The second-order valence-corrected chi connectivity index (χ2v) is 7.84. The molecule has 1 amide bonds. The van der Waals surface area contributed by atoms with E-state index in [1.54, 1.807) is 29.2 Å². The quantitative estimate of drug-likeness (QED) is 0.590. The number of anilines is 1. The standard InChI is InChI=1S/C23H24ClN5O3/c1-15-27(2)22-20(23(31)28(15)10-5-11-30)29(14-18-9-8-17(24)13-25-18)21(26-22)16-6-4-7-19(12-16)32-3/h4,6-9,12-13,30H,1,5,10-11,14H2,2-3H3. The van der Waals surface area contributed by atoms with Crippen LogP contribution in [-0.4, -0.2) is 57.8 Å². The maximum atomic E-state index is 13.5. The van der Waals surface area contributed by atoms with Gasteiger partial charge in [0.1, 0.15) is 17.4 Å². The Balaban J connectivity index is 1.88. The molecule has 0 saturated heterocycles. The number of halogens is 1. The minimum absolute atomic E-state index is 0.0172. The lowest BCUT2D eigenvalue weighted by atomic mass is 10.2. The summed E-state index contributed by atoms with van der Waals surface area (Å²) in [5, 5.41) is 9.81. The molecule has 1 aliphatic heterocycles. The number of aliphatic hydroxyl groups is 1. The van der Waals surface area contributed by atoms with Gasteiger partial charge < -0.3 is 19.3 Å². The number of nitrogens with zero attached hydrogens (tertiary/aromatic N) is 5. The molecule has 1 N–H and O–H groups in total. The van der Waals surface area contributed by atoms with Gasteiger partial charge in [0, 0.05) is 32.0 Å². The van der Waals surface area contributed by atoms with Gasteiger partial charge in [0.05, 0.1) is 24.4 Å². The van der Waals surface area contributed by atoms with Gasteiger partial charge in [-0.3, -0.25) is 14.7 Å². The molecule has 0 unspecified atom stereocenters. The van der Waals surface area contributed by atoms with Crippen LogP contribution < -0.4 is 9.64 Å². The molecule has 166 valence electrons. The second-order valence-electron chi connectivity index (χ2n) is 7.40. The highest BCUT2D eigenvalue weighted by Gasteiger charge is 2.37. The van der Waals surface area contributed by atoms with Crippen LogP contribution in [0.5, 0.6) is 5.75 Å².